The molecule has 0 amide bonds. The molecule has 3 aromatic heterocycles. The van der Waals surface area contributed by atoms with Crippen molar-refractivity contribution in [2.24, 2.45) is 7.05 Å². The molecule has 0 spiro atoms. The molecule has 0 saturated heterocycles. The van der Waals surface area contributed by atoms with Gasteiger partial charge in [0.1, 0.15) is 5.69 Å². The van der Waals surface area contributed by atoms with Crippen molar-refractivity contribution < 1.29 is 44.2 Å². The molecule has 0 aliphatic carbocycles. The zero-order valence-electron chi connectivity index (χ0n) is 26.6. The number of alkyl halides is 6. The Bertz CT molecular complexity index is 1630. The molecular weight excluding hydrogens is 744 g/mol. The maximum absolute atomic E-state index is 13.1. The van der Waals surface area contributed by atoms with Gasteiger partial charge in [0.25, 0.3) is 6.57 Å². The highest BCUT2D eigenvalue weighted by Gasteiger charge is 2.34. The van der Waals surface area contributed by atoms with Gasteiger partial charge in [-0.15, -0.1) is 0 Å². The number of rotatable bonds is 13. The van der Waals surface area contributed by atoms with Crippen LogP contribution in [0.1, 0.15) is 47.1 Å². The van der Waals surface area contributed by atoms with Gasteiger partial charge < -0.3 is 13.8 Å². The third-order valence-electron chi connectivity index (χ3n) is 6.43. The number of aryl methyl sites for hydroxylation is 1. The van der Waals surface area contributed by atoms with Gasteiger partial charge in [-0.1, -0.05) is 18.3 Å². The van der Waals surface area contributed by atoms with Gasteiger partial charge in [0, 0.05) is 66.3 Å². The van der Waals surface area contributed by atoms with E-state index in [0.29, 0.717) is 31.0 Å². The Morgan fingerprint density at radius 3 is 2.17 bits per heavy atom. The highest BCUT2D eigenvalue weighted by molar-refractivity contribution is 9.09. The molecule has 0 aliphatic rings. The van der Waals surface area contributed by atoms with Crippen molar-refractivity contribution in [1.82, 2.24) is 24.4 Å². The molecule has 3 heterocycles. The van der Waals surface area contributed by atoms with E-state index in [9.17, 15) is 34.9 Å². The van der Waals surface area contributed by atoms with Gasteiger partial charge in [0.05, 0.1) is 40.0 Å². The third-order valence-corrected chi connectivity index (χ3v) is 12.2. The highest BCUT2D eigenvalue weighted by atomic mass is 79.9. The molecule has 0 bridgehead atoms. The minimum atomic E-state index is -4.80. The molecular formula is C27H38BrF5N5O5PS2. The van der Waals surface area contributed by atoms with Crippen LogP contribution in [0.3, 0.4) is 0 Å². The summed E-state index contributed by atoms with van der Waals surface area (Å²) in [6.45, 7) is 12.7. The van der Waals surface area contributed by atoms with Crippen molar-refractivity contribution in [1.29, 1.82) is 0 Å². The van der Waals surface area contributed by atoms with E-state index in [0.717, 1.165) is 24.6 Å². The van der Waals surface area contributed by atoms with Gasteiger partial charge in [-0.3, -0.25) is 14.4 Å². The van der Waals surface area contributed by atoms with Crippen LogP contribution < -0.4 is 4.74 Å². The van der Waals surface area contributed by atoms with Gasteiger partial charge in [0.2, 0.25) is 5.88 Å². The summed E-state index contributed by atoms with van der Waals surface area (Å²) >= 11 is 3.47. The maximum Gasteiger partial charge on any atom is 0.460 e. The van der Waals surface area contributed by atoms with Crippen molar-refractivity contribution in [2.45, 2.75) is 69.7 Å². The molecule has 0 aliphatic heterocycles. The van der Waals surface area contributed by atoms with E-state index in [-0.39, 0.29) is 22.6 Å². The van der Waals surface area contributed by atoms with E-state index in [1.165, 1.54) is 29.9 Å². The first-order valence-electron chi connectivity index (χ1n) is 14.0. The van der Waals surface area contributed by atoms with E-state index >= 15 is 0 Å². The normalized spacial score (nSPS) is 14.1. The van der Waals surface area contributed by atoms with Crippen molar-refractivity contribution in [3.63, 3.8) is 0 Å². The summed E-state index contributed by atoms with van der Waals surface area (Å²) in [5, 5.41) is -3.68. The monoisotopic (exact) mass is 781 g/mol. The number of aromatic nitrogens is 4. The number of fused-ring (bicyclic) bond motifs is 1. The van der Waals surface area contributed by atoms with Crippen LogP contribution in [0.5, 0.6) is 5.88 Å². The quantitative estimate of drug-likeness (QED) is 0.0964. The Kier molecular flexibility index (Phi) is 14.1. The molecule has 1 unspecified atom stereocenters. The van der Waals surface area contributed by atoms with Crippen LogP contribution in [0, 0.1) is 0 Å². The number of nitrogens with zero attached hydrogens (tertiary/aromatic N) is 5. The van der Waals surface area contributed by atoms with Gasteiger partial charge in [0.15, 0.2) is 15.7 Å². The second-order valence-electron chi connectivity index (χ2n) is 10.5. The molecule has 0 N–H and O–H groups in total. The number of imidazole rings is 1. The number of pyridine rings is 2. The average Bonchev–Trinajstić information content (AvgIpc) is 3.24. The lowest BCUT2D eigenvalue weighted by Gasteiger charge is -2.30. The number of sulfone groups is 1. The molecule has 46 heavy (non-hydrogen) atoms. The predicted molar refractivity (Wildman–Crippen MR) is 174 cm³/mol. The third kappa shape index (κ3) is 11.4. The molecule has 0 aromatic carbocycles. The van der Waals surface area contributed by atoms with Crippen LogP contribution in [0.15, 0.2) is 29.4 Å². The fraction of sp³-hybridized carbons (Fsp3) is 0.593. The van der Waals surface area contributed by atoms with Crippen LogP contribution in [-0.4, -0.2) is 81.3 Å². The SMILES string of the molecule is CCOP(C)(=O)SCCN(C(C)C)C(C)C.CCS(=O)(=O)c1cc(C(F)(F)F)cnc1-c1nc2cc(OC(F)(F)Br)ncc2n1C. The fourth-order valence-electron chi connectivity index (χ4n) is 4.31. The molecule has 0 fully saturated rings. The molecule has 1 atom stereocenters. The predicted octanol–water partition coefficient (Wildman–Crippen LogP) is 7.86. The Labute approximate surface area is 278 Å². The largest absolute Gasteiger partial charge is 0.460 e. The van der Waals surface area contributed by atoms with E-state index in [1.54, 1.807) is 6.66 Å². The topological polar surface area (TPSA) is 117 Å². The van der Waals surface area contributed by atoms with E-state index in [1.807, 2.05) is 22.9 Å². The smallest absolute Gasteiger partial charge is 0.406 e. The number of hydrogen-bond acceptors (Lipinski definition) is 10. The van der Waals surface area contributed by atoms with Gasteiger partial charge in [-0.2, -0.15) is 22.0 Å². The Balaban J connectivity index is 0.000000392. The van der Waals surface area contributed by atoms with Gasteiger partial charge >= 0.3 is 11.2 Å². The first-order chi connectivity index (χ1) is 21.0. The lowest BCUT2D eigenvalue weighted by Crippen LogP contribution is -2.38. The number of hydrogen-bond donors (Lipinski definition) is 0. The lowest BCUT2D eigenvalue weighted by molar-refractivity contribution is -0.138. The number of ether oxygens (including phenoxy) is 1. The van der Waals surface area contributed by atoms with Crippen molar-refractivity contribution in [2.75, 3.05) is 31.3 Å². The summed E-state index contributed by atoms with van der Waals surface area (Å²) in [5.74, 6) is -0.164. The van der Waals surface area contributed by atoms with Gasteiger partial charge in [-0.05, 0) is 40.7 Å². The Morgan fingerprint density at radius 1 is 1.07 bits per heavy atom. The van der Waals surface area contributed by atoms with Gasteiger partial charge in [-0.25, -0.2) is 18.4 Å². The standard InChI is InChI=1S/C16H12BrF5N4O3S.C11H26NO2PS/c1-3-30(27,28)11-4-8(15(18,19)20)6-24-13(11)14-25-9-5-12(29-16(17,21)22)23-7-10(9)26(14)2;1-7-14-15(6,13)16-9-8-12(10(2)3)11(4)5/h4-7H,3H2,1-2H3;10-11H,7-9H2,1-6H3. The first kappa shape index (κ1) is 40.3. The second-order valence-corrected chi connectivity index (χ2v) is 18.9. The van der Waals surface area contributed by atoms with Crippen LogP contribution in [-0.2, 0) is 32.2 Å². The highest BCUT2D eigenvalue weighted by Crippen LogP contribution is 2.55. The molecule has 0 saturated carbocycles. The molecule has 19 heteroatoms. The average molecular weight is 783 g/mol. The molecule has 3 rings (SSSR count). The summed E-state index contributed by atoms with van der Waals surface area (Å²) in [4.78, 5) is 13.3. The molecule has 0 radical (unpaired) electrons. The Hall–Kier alpha value is -1.85. The number of halogens is 6. The summed E-state index contributed by atoms with van der Waals surface area (Å²) < 4.78 is 113. The minimum absolute atomic E-state index is 0.0877. The second kappa shape index (κ2) is 16.0. The van der Waals surface area contributed by atoms with Crippen LogP contribution in [0.25, 0.3) is 22.6 Å². The van der Waals surface area contributed by atoms with Crippen LogP contribution in [0.2, 0.25) is 0 Å². The Morgan fingerprint density at radius 2 is 1.67 bits per heavy atom. The van der Waals surface area contributed by atoms with Crippen molar-refractivity contribution >= 4 is 54.8 Å². The van der Waals surface area contributed by atoms with E-state index < -0.39 is 49.7 Å². The zero-order chi connectivity index (χ0) is 35.3. The summed E-state index contributed by atoms with van der Waals surface area (Å²) in [6.07, 6.45) is -3.15. The summed E-state index contributed by atoms with van der Waals surface area (Å²) in [6, 6.07) is 2.64. The van der Waals surface area contributed by atoms with Crippen LogP contribution in [0.4, 0.5) is 22.0 Å². The molecule has 260 valence electrons. The first-order valence-corrected chi connectivity index (χ1v) is 20.1. The fourth-order valence-corrected chi connectivity index (χ4v) is 8.48. The summed E-state index contributed by atoms with van der Waals surface area (Å²) in [5.41, 5.74) is -1.15. The molecule has 10 nitrogen and oxygen atoms in total. The minimum Gasteiger partial charge on any atom is -0.406 e. The van der Waals surface area contributed by atoms with Crippen molar-refractivity contribution in [3.8, 4) is 17.4 Å². The maximum atomic E-state index is 13.1. The van der Waals surface area contributed by atoms with Crippen molar-refractivity contribution in [3.05, 3.63) is 30.1 Å². The molecule has 3 aromatic rings. The summed E-state index contributed by atoms with van der Waals surface area (Å²) in [7, 11) is -2.66. The van der Waals surface area contributed by atoms with E-state index in [4.69, 9.17) is 4.52 Å². The van der Waals surface area contributed by atoms with Crippen LogP contribution >= 0.6 is 33.9 Å². The lowest BCUT2D eigenvalue weighted by atomic mass is 10.2. The zero-order valence-corrected chi connectivity index (χ0v) is 30.7. The van der Waals surface area contributed by atoms with E-state index in [2.05, 4.69) is 52.3 Å².